The molecule has 0 spiro atoms. The largest absolute Gasteiger partial charge is 0.399 e. The molecule has 2 rings (SSSR count). The van der Waals surface area contributed by atoms with Crippen LogP contribution in [0.4, 0.5) is 15.8 Å². The molecule has 4 nitrogen and oxygen atoms in total. The minimum atomic E-state index is -0.499. The number of rotatable bonds is 2. The summed E-state index contributed by atoms with van der Waals surface area (Å²) in [6.45, 7) is 0.581. The molecule has 86 valence electrons. The number of benzene rings is 1. The van der Waals surface area contributed by atoms with Gasteiger partial charge < -0.3 is 15.8 Å². The lowest BCUT2D eigenvalue weighted by molar-refractivity contribution is -0.124. The summed E-state index contributed by atoms with van der Waals surface area (Å²) >= 11 is 0. The second-order valence-corrected chi connectivity index (χ2v) is 3.73. The maximum atomic E-state index is 13.3. The molecule has 0 bridgehead atoms. The normalized spacial score (nSPS) is 19.7. The average molecular weight is 224 g/mol. The van der Waals surface area contributed by atoms with E-state index >= 15 is 0 Å². The third kappa shape index (κ3) is 2.30. The first-order valence-electron chi connectivity index (χ1n) is 5.14. The molecule has 1 saturated heterocycles. The van der Waals surface area contributed by atoms with Crippen molar-refractivity contribution < 1.29 is 13.9 Å². The zero-order chi connectivity index (χ0) is 11.5. The number of carbonyl (C=O) groups is 1. The average Bonchev–Trinajstić information content (AvgIpc) is 2.76. The number of hydrogen-bond donors (Lipinski definition) is 2. The molecule has 5 heteroatoms. The van der Waals surface area contributed by atoms with Gasteiger partial charge in [-0.15, -0.1) is 0 Å². The van der Waals surface area contributed by atoms with Crippen LogP contribution in [0.2, 0.25) is 0 Å². The van der Waals surface area contributed by atoms with E-state index in [4.69, 9.17) is 10.5 Å². The van der Waals surface area contributed by atoms with Crippen molar-refractivity contribution in [2.75, 3.05) is 17.7 Å². The molecule has 1 aromatic carbocycles. The van der Waals surface area contributed by atoms with Gasteiger partial charge >= 0.3 is 0 Å². The summed E-state index contributed by atoms with van der Waals surface area (Å²) in [5.41, 5.74) is 6.01. The van der Waals surface area contributed by atoms with Crippen LogP contribution in [-0.2, 0) is 9.53 Å². The molecule has 0 unspecified atom stereocenters. The van der Waals surface area contributed by atoms with E-state index in [9.17, 15) is 9.18 Å². The summed E-state index contributed by atoms with van der Waals surface area (Å²) in [5.74, 6) is -0.817. The number of amides is 1. The second-order valence-electron chi connectivity index (χ2n) is 3.73. The lowest BCUT2D eigenvalue weighted by Crippen LogP contribution is -2.27. The number of nitrogens with two attached hydrogens (primary N) is 1. The molecule has 0 aliphatic carbocycles. The first-order valence-corrected chi connectivity index (χ1v) is 5.14. The first-order chi connectivity index (χ1) is 7.66. The monoisotopic (exact) mass is 224 g/mol. The second kappa shape index (κ2) is 4.49. The number of hydrogen-bond acceptors (Lipinski definition) is 3. The molecule has 16 heavy (non-hydrogen) atoms. The Kier molecular flexibility index (Phi) is 3.05. The van der Waals surface area contributed by atoms with Crippen molar-refractivity contribution in [3.63, 3.8) is 0 Å². The van der Waals surface area contributed by atoms with Gasteiger partial charge in [0.05, 0.1) is 5.69 Å². The Balaban J connectivity index is 2.07. The quantitative estimate of drug-likeness (QED) is 0.749. The Morgan fingerprint density at radius 1 is 1.56 bits per heavy atom. The van der Waals surface area contributed by atoms with E-state index in [1.54, 1.807) is 0 Å². The van der Waals surface area contributed by atoms with Crippen molar-refractivity contribution in [3.8, 4) is 0 Å². The van der Waals surface area contributed by atoms with Gasteiger partial charge in [0.1, 0.15) is 11.9 Å². The number of nitrogens with one attached hydrogen (secondary N) is 1. The van der Waals surface area contributed by atoms with Gasteiger partial charge in [0.25, 0.3) is 5.91 Å². The fourth-order valence-electron chi connectivity index (χ4n) is 1.64. The highest BCUT2D eigenvalue weighted by atomic mass is 19.1. The van der Waals surface area contributed by atoms with Crippen LogP contribution in [0.15, 0.2) is 18.2 Å². The summed E-state index contributed by atoms with van der Waals surface area (Å²) in [7, 11) is 0. The maximum Gasteiger partial charge on any atom is 0.253 e. The molecular formula is C11H13FN2O2. The molecule has 1 fully saturated rings. The van der Waals surface area contributed by atoms with Crippen LogP contribution in [0.3, 0.4) is 0 Å². The van der Waals surface area contributed by atoms with Crippen LogP contribution >= 0.6 is 0 Å². The van der Waals surface area contributed by atoms with E-state index in [1.807, 2.05) is 0 Å². The molecule has 1 heterocycles. The number of ether oxygens (including phenoxy) is 1. The zero-order valence-corrected chi connectivity index (χ0v) is 8.70. The summed E-state index contributed by atoms with van der Waals surface area (Å²) in [5, 5.41) is 2.47. The molecule has 3 N–H and O–H groups in total. The zero-order valence-electron chi connectivity index (χ0n) is 8.70. The van der Waals surface area contributed by atoms with E-state index in [2.05, 4.69) is 5.32 Å². The fraction of sp³-hybridized carbons (Fsp3) is 0.364. The Bertz CT molecular complexity index is 403. The van der Waals surface area contributed by atoms with E-state index in [1.165, 1.54) is 18.2 Å². The van der Waals surface area contributed by atoms with Crippen LogP contribution in [0.1, 0.15) is 12.8 Å². The molecule has 1 aliphatic heterocycles. The molecule has 1 amide bonds. The van der Waals surface area contributed by atoms with Gasteiger partial charge in [0.2, 0.25) is 0 Å². The van der Waals surface area contributed by atoms with Gasteiger partial charge in [-0.05, 0) is 31.0 Å². The smallest absolute Gasteiger partial charge is 0.253 e. The summed E-state index contributed by atoms with van der Waals surface area (Å²) in [4.78, 5) is 11.6. The van der Waals surface area contributed by atoms with E-state index in [-0.39, 0.29) is 11.6 Å². The predicted molar refractivity (Wildman–Crippen MR) is 58.4 cm³/mol. The van der Waals surface area contributed by atoms with Gasteiger partial charge in [-0.25, -0.2) is 4.39 Å². The van der Waals surface area contributed by atoms with Gasteiger partial charge in [-0.2, -0.15) is 0 Å². The Hall–Kier alpha value is -1.62. The highest BCUT2D eigenvalue weighted by Gasteiger charge is 2.24. The first kappa shape index (κ1) is 10.9. The highest BCUT2D eigenvalue weighted by Crippen LogP contribution is 2.19. The molecular weight excluding hydrogens is 211 g/mol. The third-order valence-corrected chi connectivity index (χ3v) is 2.47. The predicted octanol–water partition coefficient (Wildman–Crippen LogP) is 1.53. The number of carbonyl (C=O) groups excluding carboxylic acids is 1. The number of nitrogen functional groups attached to an aromatic ring is 1. The van der Waals surface area contributed by atoms with Crippen molar-refractivity contribution in [1.82, 2.24) is 0 Å². The lowest BCUT2D eigenvalue weighted by Gasteiger charge is -2.11. The Labute approximate surface area is 92.6 Å². The van der Waals surface area contributed by atoms with Crippen LogP contribution in [0.25, 0.3) is 0 Å². The van der Waals surface area contributed by atoms with Gasteiger partial charge in [0, 0.05) is 12.3 Å². The number of halogens is 1. The van der Waals surface area contributed by atoms with Crippen molar-refractivity contribution in [3.05, 3.63) is 24.0 Å². The number of anilines is 2. The van der Waals surface area contributed by atoms with Crippen molar-refractivity contribution in [1.29, 1.82) is 0 Å². The van der Waals surface area contributed by atoms with E-state index in [0.717, 1.165) is 6.42 Å². The van der Waals surface area contributed by atoms with Gasteiger partial charge in [-0.3, -0.25) is 4.79 Å². The van der Waals surface area contributed by atoms with Crippen LogP contribution < -0.4 is 11.1 Å². The fourth-order valence-corrected chi connectivity index (χ4v) is 1.64. The van der Waals surface area contributed by atoms with Gasteiger partial charge in [0.15, 0.2) is 0 Å². The Morgan fingerprint density at radius 2 is 2.38 bits per heavy atom. The van der Waals surface area contributed by atoms with Crippen molar-refractivity contribution >= 4 is 17.3 Å². The molecule has 1 aliphatic rings. The van der Waals surface area contributed by atoms with Crippen LogP contribution in [0, 0.1) is 5.82 Å². The molecule has 1 atom stereocenters. The molecule has 1 aromatic rings. The summed E-state index contributed by atoms with van der Waals surface area (Å²) in [6, 6.07) is 4.06. The van der Waals surface area contributed by atoms with Crippen LogP contribution in [-0.4, -0.2) is 18.6 Å². The summed E-state index contributed by atoms with van der Waals surface area (Å²) < 4.78 is 18.5. The summed E-state index contributed by atoms with van der Waals surface area (Å²) in [6.07, 6.45) is 1.06. The molecule has 0 saturated carbocycles. The van der Waals surface area contributed by atoms with Crippen molar-refractivity contribution in [2.24, 2.45) is 0 Å². The van der Waals surface area contributed by atoms with Crippen molar-refractivity contribution in [2.45, 2.75) is 18.9 Å². The SMILES string of the molecule is Nc1ccc(F)c(NC(=O)[C@@H]2CCCO2)c1. The molecule has 0 radical (unpaired) electrons. The minimum absolute atomic E-state index is 0.0977. The Morgan fingerprint density at radius 3 is 3.06 bits per heavy atom. The van der Waals surface area contributed by atoms with Gasteiger partial charge in [-0.1, -0.05) is 0 Å². The highest BCUT2D eigenvalue weighted by molar-refractivity contribution is 5.94. The van der Waals surface area contributed by atoms with E-state index in [0.29, 0.717) is 18.7 Å². The van der Waals surface area contributed by atoms with E-state index < -0.39 is 11.9 Å². The van der Waals surface area contributed by atoms with Crippen LogP contribution in [0.5, 0.6) is 0 Å². The topological polar surface area (TPSA) is 64.3 Å². The standard InChI is InChI=1S/C11H13FN2O2/c12-8-4-3-7(13)6-9(8)14-11(15)10-2-1-5-16-10/h3-4,6,10H,1-2,5,13H2,(H,14,15)/t10-/m0/s1. The molecule has 0 aromatic heterocycles. The lowest BCUT2D eigenvalue weighted by atomic mass is 10.2. The third-order valence-electron chi connectivity index (χ3n) is 2.47. The minimum Gasteiger partial charge on any atom is -0.399 e. The maximum absolute atomic E-state index is 13.3.